The molecule has 0 fully saturated rings. The van der Waals surface area contributed by atoms with Crippen LogP contribution in [0.5, 0.6) is 0 Å². The number of aliphatic hydroxyl groups excluding tert-OH is 1. The van der Waals surface area contributed by atoms with Crippen molar-refractivity contribution < 1.29 is 9.90 Å². The van der Waals surface area contributed by atoms with Gasteiger partial charge in [0, 0.05) is 24.6 Å². The number of rotatable bonds is 7. The average Bonchev–Trinajstić information content (AvgIpc) is 2.14. The van der Waals surface area contributed by atoms with E-state index in [9.17, 15) is 4.79 Å². The molecule has 1 amide bonds. The van der Waals surface area contributed by atoms with Gasteiger partial charge in [-0.15, -0.1) is 0 Å². The van der Waals surface area contributed by atoms with Crippen LogP contribution in [0, 0.1) is 5.92 Å². The summed E-state index contributed by atoms with van der Waals surface area (Å²) in [5, 5.41) is 12.1. The first-order valence-corrected chi connectivity index (χ1v) is 5.10. The zero-order chi connectivity index (χ0) is 11.2. The molecular formula is C10H22N2O2. The van der Waals surface area contributed by atoms with Crippen molar-refractivity contribution >= 4 is 5.91 Å². The van der Waals surface area contributed by atoms with E-state index in [1.165, 1.54) is 0 Å². The molecule has 0 spiro atoms. The fourth-order valence-corrected chi connectivity index (χ4v) is 1.14. The molecule has 0 radical (unpaired) electrons. The van der Waals surface area contributed by atoms with Crippen molar-refractivity contribution in [3.05, 3.63) is 0 Å². The molecule has 2 unspecified atom stereocenters. The predicted molar refractivity (Wildman–Crippen MR) is 56.8 cm³/mol. The predicted octanol–water partition coefficient (Wildman–Crippen LogP) is 0.248. The van der Waals surface area contributed by atoms with E-state index in [1.54, 1.807) is 6.92 Å². The minimum absolute atomic E-state index is 0.0987. The number of carbonyl (C=O) groups is 1. The number of hydrogen-bond acceptors (Lipinski definition) is 3. The second-order valence-corrected chi connectivity index (χ2v) is 4.07. The highest BCUT2D eigenvalue weighted by molar-refractivity contribution is 5.76. The number of amides is 1. The molecule has 2 atom stereocenters. The lowest BCUT2D eigenvalue weighted by Gasteiger charge is -2.30. The van der Waals surface area contributed by atoms with Crippen LogP contribution in [-0.4, -0.2) is 29.7 Å². The van der Waals surface area contributed by atoms with Crippen molar-refractivity contribution in [1.82, 2.24) is 5.32 Å². The smallest absolute Gasteiger partial charge is 0.221 e. The fraction of sp³-hybridized carbons (Fsp3) is 0.900. The van der Waals surface area contributed by atoms with Gasteiger partial charge in [-0.1, -0.05) is 13.8 Å². The lowest BCUT2D eigenvalue weighted by Crippen LogP contribution is -2.46. The maximum atomic E-state index is 10.8. The van der Waals surface area contributed by atoms with Gasteiger partial charge in [0.05, 0.1) is 0 Å². The molecule has 0 rings (SSSR count). The third-order valence-electron chi connectivity index (χ3n) is 2.76. The summed E-state index contributed by atoms with van der Waals surface area (Å²) in [6.07, 6.45) is 1.61. The largest absolute Gasteiger partial charge is 0.396 e. The van der Waals surface area contributed by atoms with Gasteiger partial charge >= 0.3 is 0 Å². The van der Waals surface area contributed by atoms with E-state index < -0.39 is 0 Å². The fourth-order valence-electron chi connectivity index (χ4n) is 1.14. The molecule has 4 N–H and O–H groups in total. The standard InChI is InChI=1S/C10H22N2O2/c1-4-10(3,5-6-13)12-7-8(2)9(11)14/h8,12-13H,4-7H2,1-3H3,(H2,11,14). The van der Waals surface area contributed by atoms with E-state index in [-0.39, 0.29) is 24.0 Å². The third kappa shape index (κ3) is 4.58. The van der Waals surface area contributed by atoms with Crippen molar-refractivity contribution in [3.8, 4) is 0 Å². The van der Waals surface area contributed by atoms with Crippen LogP contribution in [0.4, 0.5) is 0 Å². The molecule has 0 aliphatic rings. The molecule has 4 heteroatoms. The molecule has 0 heterocycles. The summed E-state index contributed by atoms with van der Waals surface area (Å²) in [5.74, 6) is -0.459. The van der Waals surface area contributed by atoms with E-state index in [0.717, 1.165) is 6.42 Å². The third-order valence-corrected chi connectivity index (χ3v) is 2.76. The Hall–Kier alpha value is -0.610. The number of aliphatic hydroxyl groups is 1. The summed E-state index contributed by atoms with van der Waals surface area (Å²) in [5.41, 5.74) is 5.05. The van der Waals surface area contributed by atoms with Crippen molar-refractivity contribution in [2.75, 3.05) is 13.2 Å². The van der Waals surface area contributed by atoms with Crippen molar-refractivity contribution in [2.45, 2.75) is 39.2 Å². The van der Waals surface area contributed by atoms with Crippen molar-refractivity contribution in [1.29, 1.82) is 0 Å². The van der Waals surface area contributed by atoms with Crippen LogP contribution in [-0.2, 0) is 4.79 Å². The zero-order valence-electron chi connectivity index (χ0n) is 9.34. The lowest BCUT2D eigenvalue weighted by atomic mass is 9.94. The van der Waals surface area contributed by atoms with Crippen LogP contribution in [0.25, 0.3) is 0 Å². The molecule has 14 heavy (non-hydrogen) atoms. The minimum Gasteiger partial charge on any atom is -0.396 e. The first kappa shape index (κ1) is 13.4. The molecule has 0 aliphatic carbocycles. The van der Waals surface area contributed by atoms with Gasteiger partial charge in [-0.25, -0.2) is 0 Å². The van der Waals surface area contributed by atoms with Crippen LogP contribution in [0.3, 0.4) is 0 Å². The molecular weight excluding hydrogens is 180 g/mol. The van der Waals surface area contributed by atoms with Gasteiger partial charge in [-0.2, -0.15) is 0 Å². The monoisotopic (exact) mass is 202 g/mol. The summed E-state index contributed by atoms with van der Waals surface area (Å²) >= 11 is 0. The second-order valence-electron chi connectivity index (χ2n) is 4.07. The van der Waals surface area contributed by atoms with Gasteiger partial charge in [-0.3, -0.25) is 4.79 Å². The Labute approximate surface area is 85.9 Å². The molecule has 0 saturated heterocycles. The zero-order valence-corrected chi connectivity index (χ0v) is 9.34. The molecule has 84 valence electrons. The van der Waals surface area contributed by atoms with Crippen molar-refractivity contribution in [3.63, 3.8) is 0 Å². The van der Waals surface area contributed by atoms with Crippen molar-refractivity contribution in [2.24, 2.45) is 11.7 Å². The van der Waals surface area contributed by atoms with Crippen LogP contribution < -0.4 is 11.1 Å². The Kier molecular flexibility index (Phi) is 5.72. The SMILES string of the molecule is CCC(C)(CCO)NCC(C)C(N)=O. The number of carbonyl (C=O) groups excluding carboxylic acids is 1. The van der Waals surface area contributed by atoms with Crippen LogP contribution in [0.1, 0.15) is 33.6 Å². The number of hydrogen-bond donors (Lipinski definition) is 3. The van der Waals surface area contributed by atoms with E-state index in [0.29, 0.717) is 13.0 Å². The summed E-state index contributed by atoms with van der Waals surface area (Å²) in [4.78, 5) is 10.8. The maximum absolute atomic E-state index is 10.8. The normalized spacial score (nSPS) is 17.4. The Bertz CT molecular complexity index is 185. The molecule has 0 aromatic rings. The molecule has 0 aromatic heterocycles. The van der Waals surface area contributed by atoms with Gasteiger partial charge in [0.25, 0.3) is 0 Å². The minimum atomic E-state index is -0.292. The molecule has 0 saturated carbocycles. The van der Waals surface area contributed by atoms with E-state index in [4.69, 9.17) is 10.8 Å². The topological polar surface area (TPSA) is 75.3 Å². The highest BCUT2D eigenvalue weighted by Crippen LogP contribution is 2.13. The average molecular weight is 202 g/mol. The summed E-state index contributed by atoms with van der Waals surface area (Å²) in [7, 11) is 0. The first-order valence-electron chi connectivity index (χ1n) is 5.10. The second kappa shape index (κ2) is 5.98. The van der Waals surface area contributed by atoms with Crippen LogP contribution in [0.2, 0.25) is 0 Å². The van der Waals surface area contributed by atoms with Crippen LogP contribution >= 0.6 is 0 Å². The van der Waals surface area contributed by atoms with Gasteiger partial charge in [0.1, 0.15) is 0 Å². The van der Waals surface area contributed by atoms with Gasteiger partial charge < -0.3 is 16.2 Å². The molecule has 0 bridgehead atoms. The molecule has 0 aliphatic heterocycles. The molecule has 4 nitrogen and oxygen atoms in total. The Morgan fingerprint density at radius 2 is 2.21 bits per heavy atom. The van der Waals surface area contributed by atoms with Gasteiger partial charge in [0.2, 0.25) is 5.91 Å². The summed E-state index contributed by atoms with van der Waals surface area (Å²) in [6.45, 7) is 6.61. The number of nitrogens with two attached hydrogens (primary N) is 1. The van der Waals surface area contributed by atoms with E-state index in [1.807, 2.05) is 6.92 Å². The quantitative estimate of drug-likeness (QED) is 0.554. The Morgan fingerprint density at radius 3 is 2.57 bits per heavy atom. The molecule has 0 aromatic carbocycles. The van der Waals surface area contributed by atoms with E-state index >= 15 is 0 Å². The first-order chi connectivity index (χ1) is 6.45. The Balaban J connectivity index is 4.00. The van der Waals surface area contributed by atoms with Gasteiger partial charge in [0.15, 0.2) is 0 Å². The maximum Gasteiger partial charge on any atom is 0.221 e. The summed E-state index contributed by atoms with van der Waals surface area (Å²) in [6, 6.07) is 0. The number of nitrogens with one attached hydrogen (secondary N) is 1. The van der Waals surface area contributed by atoms with Crippen LogP contribution in [0.15, 0.2) is 0 Å². The number of primary amides is 1. The highest BCUT2D eigenvalue weighted by Gasteiger charge is 2.22. The Morgan fingerprint density at radius 1 is 1.64 bits per heavy atom. The summed E-state index contributed by atoms with van der Waals surface area (Å²) < 4.78 is 0. The van der Waals surface area contributed by atoms with E-state index in [2.05, 4.69) is 12.2 Å². The lowest BCUT2D eigenvalue weighted by molar-refractivity contribution is -0.121. The van der Waals surface area contributed by atoms with Gasteiger partial charge in [-0.05, 0) is 19.8 Å². The highest BCUT2D eigenvalue weighted by atomic mass is 16.3.